The average Bonchev–Trinajstić information content (AvgIpc) is 2.47. The average molecular weight is 580 g/mol. The number of halogens is 3. The van der Waals surface area contributed by atoms with Crippen LogP contribution in [0.3, 0.4) is 0 Å². The van der Waals surface area contributed by atoms with Crippen molar-refractivity contribution in [2.45, 2.75) is 44.9 Å². The van der Waals surface area contributed by atoms with E-state index in [0.29, 0.717) is 10.8 Å². The molecule has 0 aromatic carbocycles. The first-order chi connectivity index (χ1) is 8.31. The van der Waals surface area contributed by atoms with Gasteiger partial charge in [-0.3, -0.25) is 0 Å². The van der Waals surface area contributed by atoms with Gasteiger partial charge in [-0.05, 0) is 54.1 Å². The summed E-state index contributed by atoms with van der Waals surface area (Å²) in [5.74, 6) is 1.71. The Balaban J connectivity index is 2.02. The van der Waals surface area contributed by atoms with E-state index in [2.05, 4.69) is 93.8 Å². The van der Waals surface area contributed by atoms with Gasteiger partial charge in [0, 0.05) is 3.92 Å². The van der Waals surface area contributed by atoms with E-state index >= 15 is 0 Å². The first kappa shape index (κ1) is 14.6. The Hall–Kier alpha value is 1.67. The van der Waals surface area contributed by atoms with Crippen molar-refractivity contribution in [1.29, 1.82) is 0 Å². The highest BCUT2D eigenvalue weighted by Gasteiger charge is 2.53. The Kier molecular flexibility index (Phi) is 3.93. The molecule has 0 amide bonds. The molecular formula is C15H19I3. The molecule has 3 rings (SSSR count). The fourth-order valence-electron chi connectivity index (χ4n) is 4.10. The largest absolute Gasteiger partial charge is 0.0794 e. The summed E-state index contributed by atoms with van der Waals surface area (Å²) in [6.07, 6.45) is 10.5. The van der Waals surface area contributed by atoms with Gasteiger partial charge in [-0.2, -0.15) is 0 Å². The molecule has 0 bridgehead atoms. The minimum Gasteiger partial charge on any atom is -0.0794 e. The van der Waals surface area contributed by atoms with Gasteiger partial charge >= 0.3 is 0 Å². The predicted molar refractivity (Wildman–Crippen MR) is 104 cm³/mol. The topological polar surface area (TPSA) is 0 Å². The van der Waals surface area contributed by atoms with E-state index in [1.165, 1.54) is 25.7 Å². The molecule has 18 heavy (non-hydrogen) atoms. The molecule has 2 fully saturated rings. The molecule has 3 aliphatic rings. The van der Waals surface area contributed by atoms with Gasteiger partial charge in [0.05, 0.1) is 1.43 Å². The number of hydrogen-bond donors (Lipinski definition) is 0. The maximum absolute atomic E-state index is 2.69. The first-order valence-electron chi connectivity index (χ1n) is 6.76. The maximum atomic E-state index is 2.69. The molecule has 3 unspecified atom stereocenters. The minimum atomic E-state index is 0.391. The second-order valence-electron chi connectivity index (χ2n) is 6.52. The van der Waals surface area contributed by atoms with Crippen molar-refractivity contribution in [2.24, 2.45) is 17.3 Å². The molecule has 0 aliphatic heterocycles. The van der Waals surface area contributed by atoms with E-state index < -0.39 is 0 Å². The molecule has 3 heteroatoms. The van der Waals surface area contributed by atoms with E-state index in [1.54, 1.807) is 11.1 Å². The molecule has 0 nitrogen and oxygen atoms in total. The summed E-state index contributed by atoms with van der Waals surface area (Å²) in [7, 11) is 0. The number of allylic oxidation sites excluding steroid dienone is 4. The summed E-state index contributed by atoms with van der Waals surface area (Å²) < 4.78 is 1.21. The standard InChI is InChI=1S/C15H19I3/c1-14(2)12-7-9(16)3-4-10(12)11-5-6-15(17,18)8-13(11)14/h4,7,9,11,13H,3,5-6,8H2,1-2H3. The SMILES string of the molecule is CC1(C)C2=CC(I)CC=C2C2CCC(I)(I)CC21. The van der Waals surface area contributed by atoms with Crippen molar-refractivity contribution < 1.29 is 0 Å². The van der Waals surface area contributed by atoms with E-state index in [9.17, 15) is 0 Å². The molecule has 100 valence electrons. The third-order valence-corrected chi connectivity index (χ3v) is 7.90. The van der Waals surface area contributed by atoms with Gasteiger partial charge in [0.1, 0.15) is 0 Å². The lowest BCUT2D eigenvalue weighted by Gasteiger charge is -2.40. The number of alkyl halides is 3. The summed E-state index contributed by atoms with van der Waals surface area (Å²) in [5, 5.41) is 0. The highest BCUT2D eigenvalue weighted by atomic mass is 127. The van der Waals surface area contributed by atoms with Crippen molar-refractivity contribution in [3.05, 3.63) is 23.3 Å². The summed E-state index contributed by atoms with van der Waals surface area (Å²) in [5.41, 5.74) is 3.80. The number of fused-ring (bicyclic) bond motifs is 3. The van der Waals surface area contributed by atoms with Gasteiger partial charge < -0.3 is 0 Å². The van der Waals surface area contributed by atoms with Crippen molar-refractivity contribution in [3.8, 4) is 0 Å². The number of rotatable bonds is 0. The Labute approximate surface area is 151 Å². The molecule has 0 saturated heterocycles. The fourth-order valence-corrected chi connectivity index (χ4v) is 6.28. The van der Waals surface area contributed by atoms with E-state index in [0.717, 1.165) is 11.8 Å². The molecule has 0 aromatic rings. The summed E-state index contributed by atoms with van der Waals surface area (Å²) in [6.45, 7) is 4.97. The van der Waals surface area contributed by atoms with Crippen molar-refractivity contribution in [2.75, 3.05) is 0 Å². The van der Waals surface area contributed by atoms with Gasteiger partial charge in [0.2, 0.25) is 0 Å². The Morgan fingerprint density at radius 1 is 1.28 bits per heavy atom. The lowest BCUT2D eigenvalue weighted by molar-refractivity contribution is 0.192. The van der Waals surface area contributed by atoms with Crippen molar-refractivity contribution in [1.82, 2.24) is 0 Å². The smallest absolute Gasteiger partial charge is 0.0738 e. The number of hydrogen-bond acceptors (Lipinski definition) is 0. The third kappa shape index (κ3) is 2.35. The molecule has 3 atom stereocenters. The molecule has 0 aromatic heterocycles. The van der Waals surface area contributed by atoms with E-state index in [4.69, 9.17) is 0 Å². The molecule has 0 N–H and O–H groups in total. The predicted octanol–water partition coefficient (Wildman–Crippen LogP) is 6.07. The van der Waals surface area contributed by atoms with Gasteiger partial charge in [0.25, 0.3) is 0 Å². The van der Waals surface area contributed by atoms with Crippen molar-refractivity contribution >= 4 is 67.8 Å². The summed E-state index contributed by atoms with van der Waals surface area (Å²) in [4.78, 5) is 0. The second kappa shape index (κ2) is 4.85. The Morgan fingerprint density at radius 2 is 2.00 bits per heavy atom. The summed E-state index contributed by atoms with van der Waals surface area (Å²) in [6, 6.07) is 0. The summed E-state index contributed by atoms with van der Waals surface area (Å²) >= 11 is 7.96. The van der Waals surface area contributed by atoms with Crippen LogP contribution in [0.2, 0.25) is 0 Å². The lowest BCUT2D eigenvalue weighted by Crippen LogP contribution is -2.33. The molecule has 0 heterocycles. The zero-order valence-corrected chi connectivity index (χ0v) is 17.3. The van der Waals surface area contributed by atoms with Crippen LogP contribution in [0.15, 0.2) is 23.3 Å². The van der Waals surface area contributed by atoms with Crippen LogP contribution in [0.25, 0.3) is 0 Å². The van der Waals surface area contributed by atoms with Crippen LogP contribution in [0.1, 0.15) is 39.5 Å². The first-order valence-corrected chi connectivity index (χ1v) is 10.2. The quantitative estimate of drug-likeness (QED) is 0.241. The van der Waals surface area contributed by atoms with E-state index in [-0.39, 0.29) is 0 Å². The lowest BCUT2D eigenvalue weighted by atomic mass is 9.70. The highest BCUT2D eigenvalue weighted by Crippen LogP contribution is 2.63. The monoisotopic (exact) mass is 580 g/mol. The van der Waals surface area contributed by atoms with Gasteiger partial charge in [-0.15, -0.1) is 0 Å². The van der Waals surface area contributed by atoms with Crippen LogP contribution >= 0.6 is 67.8 Å². The molecule has 0 spiro atoms. The van der Waals surface area contributed by atoms with Gasteiger partial charge in [0.15, 0.2) is 0 Å². The normalized spacial score (nSPS) is 40.6. The van der Waals surface area contributed by atoms with Crippen molar-refractivity contribution in [3.63, 3.8) is 0 Å². The Morgan fingerprint density at radius 3 is 2.72 bits per heavy atom. The van der Waals surface area contributed by atoms with Crippen LogP contribution in [-0.4, -0.2) is 5.35 Å². The fraction of sp³-hybridized carbons (Fsp3) is 0.733. The molecule has 2 saturated carbocycles. The third-order valence-electron chi connectivity index (χ3n) is 5.07. The molecule has 3 aliphatic carbocycles. The van der Waals surface area contributed by atoms with Crippen LogP contribution in [0.4, 0.5) is 0 Å². The second-order valence-corrected chi connectivity index (χ2v) is 14.3. The van der Waals surface area contributed by atoms with Crippen LogP contribution in [-0.2, 0) is 0 Å². The highest BCUT2D eigenvalue weighted by molar-refractivity contribution is 14.2. The zero-order valence-electron chi connectivity index (χ0n) is 10.8. The van der Waals surface area contributed by atoms with Gasteiger partial charge in [-0.1, -0.05) is 93.8 Å². The van der Waals surface area contributed by atoms with E-state index in [1.807, 2.05) is 0 Å². The minimum absolute atomic E-state index is 0.391. The molecular weight excluding hydrogens is 561 g/mol. The Bertz CT molecular complexity index is 431. The zero-order chi connectivity index (χ0) is 13.1. The van der Waals surface area contributed by atoms with Crippen LogP contribution in [0.5, 0.6) is 0 Å². The van der Waals surface area contributed by atoms with Gasteiger partial charge in [-0.25, -0.2) is 0 Å². The molecule has 0 radical (unpaired) electrons. The maximum Gasteiger partial charge on any atom is 0.0738 e. The van der Waals surface area contributed by atoms with Crippen LogP contribution in [0, 0.1) is 17.3 Å². The van der Waals surface area contributed by atoms with Crippen LogP contribution < -0.4 is 0 Å².